The van der Waals surface area contributed by atoms with E-state index in [1.54, 1.807) is 27.7 Å². The molecule has 0 saturated carbocycles. The van der Waals surface area contributed by atoms with Crippen LogP contribution in [0.1, 0.15) is 33.3 Å². The highest BCUT2D eigenvalue weighted by atomic mass is 16.7. The number of hydrogen-bond acceptors (Lipinski definition) is 6. The lowest BCUT2D eigenvalue weighted by Gasteiger charge is -2.37. The van der Waals surface area contributed by atoms with Crippen molar-refractivity contribution in [1.29, 1.82) is 0 Å². The van der Waals surface area contributed by atoms with Gasteiger partial charge in [0.25, 0.3) is 0 Å². The van der Waals surface area contributed by atoms with Crippen molar-refractivity contribution in [3.05, 3.63) is 35.9 Å². The first-order valence-electron chi connectivity index (χ1n) is 8.58. The number of fused-ring (bicyclic) bond motifs is 1. The van der Waals surface area contributed by atoms with Gasteiger partial charge in [0.2, 0.25) is 0 Å². The Hall–Kier alpha value is -1.47. The molecule has 5 atom stereocenters. The Kier molecular flexibility index (Phi) is 4.90. The van der Waals surface area contributed by atoms with Gasteiger partial charge in [-0.15, -0.1) is 0 Å². The standard InChI is InChI=1S/C19H26O6/c1-12(16(20)25-18(2,3)4)19(21)11-23-17(14-15(19)24-14)22-10-13-8-6-5-7-9-13/h5-9,12,14-15,17,21H,10-11H2,1-4H3/t12?,14-,15+,17+,19-/m1/s1. The maximum Gasteiger partial charge on any atom is 0.312 e. The summed E-state index contributed by atoms with van der Waals surface area (Å²) < 4.78 is 22.4. The van der Waals surface area contributed by atoms with Crippen LogP contribution in [-0.4, -0.2) is 47.4 Å². The van der Waals surface area contributed by atoms with E-state index >= 15 is 0 Å². The van der Waals surface area contributed by atoms with Crippen LogP contribution in [0.3, 0.4) is 0 Å². The molecule has 2 aliphatic heterocycles. The van der Waals surface area contributed by atoms with Gasteiger partial charge in [-0.1, -0.05) is 30.3 Å². The van der Waals surface area contributed by atoms with Crippen LogP contribution >= 0.6 is 0 Å². The zero-order valence-corrected chi connectivity index (χ0v) is 15.1. The number of ether oxygens (including phenoxy) is 4. The van der Waals surface area contributed by atoms with Crippen molar-refractivity contribution in [3.63, 3.8) is 0 Å². The van der Waals surface area contributed by atoms with Gasteiger partial charge in [0.15, 0.2) is 6.29 Å². The number of rotatable bonds is 5. The number of esters is 1. The van der Waals surface area contributed by atoms with Gasteiger partial charge in [-0.25, -0.2) is 0 Å². The smallest absolute Gasteiger partial charge is 0.312 e. The summed E-state index contributed by atoms with van der Waals surface area (Å²) in [4.78, 5) is 12.3. The summed E-state index contributed by atoms with van der Waals surface area (Å²) in [5, 5.41) is 10.9. The van der Waals surface area contributed by atoms with Gasteiger partial charge < -0.3 is 24.1 Å². The quantitative estimate of drug-likeness (QED) is 0.647. The Morgan fingerprint density at radius 2 is 2.04 bits per heavy atom. The van der Waals surface area contributed by atoms with E-state index in [1.165, 1.54) is 0 Å². The number of epoxide rings is 1. The van der Waals surface area contributed by atoms with Crippen LogP contribution in [0.2, 0.25) is 0 Å². The van der Waals surface area contributed by atoms with Crippen molar-refractivity contribution in [2.24, 2.45) is 5.92 Å². The first-order valence-corrected chi connectivity index (χ1v) is 8.58. The lowest BCUT2D eigenvalue weighted by atomic mass is 9.83. The van der Waals surface area contributed by atoms with E-state index < -0.39 is 35.5 Å². The molecule has 1 N–H and O–H groups in total. The highest BCUT2D eigenvalue weighted by Gasteiger charge is 2.65. The maximum absolute atomic E-state index is 12.3. The fourth-order valence-electron chi connectivity index (χ4n) is 2.99. The van der Waals surface area contributed by atoms with E-state index in [2.05, 4.69) is 0 Å². The van der Waals surface area contributed by atoms with Gasteiger partial charge in [0.05, 0.1) is 19.1 Å². The Labute approximate surface area is 148 Å². The highest BCUT2D eigenvalue weighted by molar-refractivity contribution is 5.74. The molecular weight excluding hydrogens is 324 g/mol. The lowest BCUT2D eigenvalue weighted by molar-refractivity contribution is -0.218. The minimum Gasteiger partial charge on any atom is -0.460 e. The molecule has 0 aromatic heterocycles. The van der Waals surface area contributed by atoms with Crippen molar-refractivity contribution < 1.29 is 28.8 Å². The van der Waals surface area contributed by atoms with E-state index in [1.807, 2.05) is 30.3 Å². The molecule has 1 aromatic rings. The van der Waals surface area contributed by atoms with E-state index in [4.69, 9.17) is 18.9 Å². The normalized spacial score (nSPS) is 32.6. The van der Waals surface area contributed by atoms with Crippen LogP contribution in [0.5, 0.6) is 0 Å². The molecule has 2 saturated heterocycles. The predicted molar refractivity (Wildman–Crippen MR) is 89.6 cm³/mol. The summed E-state index contributed by atoms with van der Waals surface area (Å²) in [6.45, 7) is 7.39. The maximum atomic E-state index is 12.3. The van der Waals surface area contributed by atoms with Crippen molar-refractivity contribution >= 4 is 5.97 Å². The second-order valence-electron chi connectivity index (χ2n) is 7.74. The van der Waals surface area contributed by atoms with Gasteiger partial charge >= 0.3 is 5.97 Å². The van der Waals surface area contributed by atoms with Gasteiger partial charge in [-0.3, -0.25) is 4.79 Å². The predicted octanol–water partition coefficient (Wildman–Crippen LogP) is 2.04. The molecule has 0 radical (unpaired) electrons. The average molecular weight is 350 g/mol. The van der Waals surface area contributed by atoms with Crippen LogP contribution < -0.4 is 0 Å². The molecule has 2 fully saturated rings. The third-order valence-corrected chi connectivity index (χ3v) is 4.53. The summed E-state index contributed by atoms with van der Waals surface area (Å²) in [5.41, 5.74) is -0.978. The van der Waals surface area contributed by atoms with Crippen molar-refractivity contribution in [1.82, 2.24) is 0 Å². The lowest BCUT2D eigenvalue weighted by Crippen LogP contribution is -2.56. The Bertz CT molecular complexity index is 610. The monoisotopic (exact) mass is 350 g/mol. The van der Waals surface area contributed by atoms with E-state index in [0.717, 1.165) is 5.56 Å². The van der Waals surface area contributed by atoms with Gasteiger partial charge in [-0.2, -0.15) is 0 Å². The van der Waals surface area contributed by atoms with Crippen molar-refractivity contribution in [3.8, 4) is 0 Å². The van der Waals surface area contributed by atoms with E-state index in [0.29, 0.717) is 6.61 Å². The molecule has 0 aliphatic carbocycles. The van der Waals surface area contributed by atoms with Gasteiger partial charge in [0, 0.05) is 0 Å². The highest BCUT2D eigenvalue weighted by Crippen LogP contribution is 2.45. The molecule has 6 heteroatoms. The largest absolute Gasteiger partial charge is 0.460 e. The number of carbonyl (C=O) groups excluding carboxylic acids is 1. The van der Waals surface area contributed by atoms with Crippen LogP contribution in [-0.2, 0) is 30.3 Å². The zero-order chi connectivity index (χ0) is 18.2. The summed E-state index contributed by atoms with van der Waals surface area (Å²) in [6, 6.07) is 9.76. The summed E-state index contributed by atoms with van der Waals surface area (Å²) >= 11 is 0. The van der Waals surface area contributed by atoms with Gasteiger partial charge in [0.1, 0.15) is 23.4 Å². The first kappa shape index (κ1) is 18.3. The summed E-state index contributed by atoms with van der Waals surface area (Å²) in [7, 11) is 0. The average Bonchev–Trinajstić information content (AvgIpc) is 3.35. The SMILES string of the molecule is CC(C(=O)OC(C)(C)C)[C@]1(O)CO[C@H](OCc2ccccc2)[C@@H]2O[C@@H]21. The van der Waals surface area contributed by atoms with Crippen LogP contribution in [0, 0.1) is 5.92 Å². The molecule has 0 spiro atoms. The fraction of sp³-hybridized carbons (Fsp3) is 0.632. The molecule has 1 unspecified atom stereocenters. The molecule has 2 heterocycles. The molecule has 1 aromatic carbocycles. The van der Waals surface area contributed by atoms with Crippen molar-refractivity contribution in [2.75, 3.05) is 6.61 Å². The second-order valence-corrected chi connectivity index (χ2v) is 7.74. The molecule has 3 rings (SSSR count). The molecule has 0 bridgehead atoms. The Morgan fingerprint density at radius 3 is 2.68 bits per heavy atom. The number of benzene rings is 1. The van der Waals surface area contributed by atoms with Gasteiger partial charge in [-0.05, 0) is 33.3 Å². The topological polar surface area (TPSA) is 77.5 Å². The zero-order valence-electron chi connectivity index (χ0n) is 15.1. The fourth-order valence-corrected chi connectivity index (χ4v) is 2.99. The number of aliphatic hydroxyl groups is 1. The Balaban J connectivity index is 1.57. The van der Waals surface area contributed by atoms with Crippen LogP contribution in [0.15, 0.2) is 30.3 Å². The number of carbonyl (C=O) groups is 1. The third-order valence-electron chi connectivity index (χ3n) is 4.53. The first-order chi connectivity index (χ1) is 11.7. The minimum absolute atomic E-state index is 0.0337. The number of hydrogen-bond donors (Lipinski definition) is 1. The molecule has 0 amide bonds. The van der Waals surface area contributed by atoms with Crippen LogP contribution in [0.4, 0.5) is 0 Å². The second kappa shape index (κ2) is 6.68. The Morgan fingerprint density at radius 1 is 1.36 bits per heavy atom. The third kappa shape index (κ3) is 4.03. The molecule has 138 valence electrons. The molecule has 2 aliphatic rings. The minimum atomic E-state index is -1.40. The molecule has 6 nitrogen and oxygen atoms in total. The van der Waals surface area contributed by atoms with E-state index in [-0.39, 0.29) is 12.7 Å². The summed E-state index contributed by atoms with van der Waals surface area (Å²) in [6.07, 6.45) is -1.40. The van der Waals surface area contributed by atoms with Crippen molar-refractivity contribution in [2.45, 2.75) is 64.0 Å². The van der Waals surface area contributed by atoms with E-state index in [9.17, 15) is 9.90 Å². The summed E-state index contributed by atoms with van der Waals surface area (Å²) in [5.74, 6) is -1.21. The van der Waals surface area contributed by atoms with Crippen LogP contribution in [0.25, 0.3) is 0 Å². The molecular formula is C19H26O6. The molecule has 25 heavy (non-hydrogen) atoms.